The van der Waals surface area contributed by atoms with Gasteiger partial charge in [-0.15, -0.1) is 0 Å². The average molecular weight is 436 g/mol. The zero-order valence-electron chi connectivity index (χ0n) is 17.6. The standard InChI is InChI=1S/C24H25FN4O3/c25-18-9-5-17(6-10-18)23-28-21(15-32-23)13-14-26-24(31)29-20-11-7-16(8-12-20)22(30)27-19-3-1-2-4-19/h5-12,15,19H,1-4,13-14H2,(H,27,30)(H2,26,29,31). The molecule has 1 fully saturated rings. The third-order valence-electron chi connectivity index (χ3n) is 5.40. The molecule has 0 saturated heterocycles. The fraction of sp³-hybridized carbons (Fsp3) is 0.292. The van der Waals surface area contributed by atoms with Crippen molar-refractivity contribution in [2.45, 2.75) is 38.1 Å². The molecule has 1 heterocycles. The molecule has 3 aromatic rings. The highest BCUT2D eigenvalue weighted by Gasteiger charge is 2.18. The lowest BCUT2D eigenvalue weighted by Crippen LogP contribution is -2.32. The fourth-order valence-corrected chi connectivity index (χ4v) is 3.67. The third-order valence-corrected chi connectivity index (χ3v) is 5.40. The molecule has 4 rings (SSSR count). The average Bonchev–Trinajstić information content (AvgIpc) is 3.47. The first-order valence-corrected chi connectivity index (χ1v) is 10.7. The van der Waals surface area contributed by atoms with E-state index in [0.717, 1.165) is 25.7 Å². The summed E-state index contributed by atoms with van der Waals surface area (Å²) >= 11 is 0. The number of aromatic nitrogens is 1. The van der Waals surface area contributed by atoms with Crippen molar-refractivity contribution in [1.82, 2.24) is 15.6 Å². The summed E-state index contributed by atoms with van der Waals surface area (Å²) in [5, 5.41) is 8.55. The van der Waals surface area contributed by atoms with E-state index in [2.05, 4.69) is 20.9 Å². The molecule has 8 heteroatoms. The highest BCUT2D eigenvalue weighted by molar-refractivity contribution is 5.95. The zero-order chi connectivity index (χ0) is 22.3. The number of halogens is 1. The molecule has 0 aliphatic heterocycles. The van der Waals surface area contributed by atoms with Gasteiger partial charge in [-0.05, 0) is 61.4 Å². The maximum atomic E-state index is 13.0. The van der Waals surface area contributed by atoms with E-state index in [1.807, 2.05) is 0 Å². The van der Waals surface area contributed by atoms with Crippen LogP contribution in [0.4, 0.5) is 14.9 Å². The van der Waals surface area contributed by atoms with E-state index in [1.54, 1.807) is 36.4 Å². The van der Waals surface area contributed by atoms with E-state index in [-0.39, 0.29) is 23.8 Å². The van der Waals surface area contributed by atoms with Gasteiger partial charge in [0.25, 0.3) is 5.91 Å². The number of anilines is 1. The number of hydrogen-bond donors (Lipinski definition) is 3. The van der Waals surface area contributed by atoms with Gasteiger partial charge < -0.3 is 20.4 Å². The number of rotatable bonds is 7. The molecular formula is C24H25FN4O3. The lowest BCUT2D eigenvalue weighted by Gasteiger charge is -2.12. The summed E-state index contributed by atoms with van der Waals surface area (Å²) in [4.78, 5) is 28.8. The minimum atomic E-state index is -0.351. The van der Waals surface area contributed by atoms with Crippen molar-refractivity contribution in [3.63, 3.8) is 0 Å². The lowest BCUT2D eigenvalue weighted by atomic mass is 10.1. The third kappa shape index (κ3) is 5.72. The Morgan fingerprint density at radius 2 is 1.75 bits per heavy atom. The number of carbonyl (C=O) groups is 2. The van der Waals surface area contributed by atoms with Crippen LogP contribution in [-0.2, 0) is 6.42 Å². The van der Waals surface area contributed by atoms with Crippen molar-refractivity contribution >= 4 is 17.6 Å². The predicted molar refractivity (Wildman–Crippen MR) is 119 cm³/mol. The molecule has 0 spiro atoms. The van der Waals surface area contributed by atoms with Crippen LogP contribution < -0.4 is 16.0 Å². The highest BCUT2D eigenvalue weighted by atomic mass is 19.1. The first-order valence-electron chi connectivity index (χ1n) is 10.7. The van der Waals surface area contributed by atoms with Gasteiger partial charge in [0.05, 0.1) is 5.69 Å². The van der Waals surface area contributed by atoms with Gasteiger partial charge in [-0.1, -0.05) is 12.8 Å². The summed E-state index contributed by atoms with van der Waals surface area (Å²) in [7, 11) is 0. The Hall–Kier alpha value is -3.68. The van der Waals surface area contributed by atoms with Crippen LogP contribution in [0, 0.1) is 5.82 Å². The number of carbonyl (C=O) groups excluding carboxylic acids is 2. The Balaban J connectivity index is 1.21. The maximum Gasteiger partial charge on any atom is 0.319 e. The largest absolute Gasteiger partial charge is 0.444 e. The number of oxazole rings is 1. The van der Waals surface area contributed by atoms with Gasteiger partial charge in [-0.2, -0.15) is 0 Å². The van der Waals surface area contributed by atoms with Crippen LogP contribution in [0.3, 0.4) is 0 Å². The smallest absolute Gasteiger partial charge is 0.319 e. The molecule has 7 nitrogen and oxygen atoms in total. The van der Waals surface area contributed by atoms with Gasteiger partial charge in [-0.25, -0.2) is 14.2 Å². The molecule has 0 atom stereocenters. The monoisotopic (exact) mass is 436 g/mol. The Morgan fingerprint density at radius 1 is 1.03 bits per heavy atom. The number of amides is 3. The van der Waals surface area contributed by atoms with Crippen molar-refractivity contribution in [3.8, 4) is 11.5 Å². The quantitative estimate of drug-likeness (QED) is 0.507. The topological polar surface area (TPSA) is 96.3 Å². The number of hydrogen-bond acceptors (Lipinski definition) is 4. The summed E-state index contributed by atoms with van der Waals surface area (Å²) in [5.74, 6) is -0.000230. The van der Waals surface area contributed by atoms with E-state index < -0.39 is 0 Å². The SMILES string of the molecule is O=C(NCCc1coc(-c2ccc(F)cc2)n1)Nc1ccc(C(=O)NC2CCCC2)cc1. The lowest BCUT2D eigenvalue weighted by molar-refractivity contribution is 0.0938. The summed E-state index contributed by atoms with van der Waals surface area (Å²) in [5.41, 5.74) is 2.54. The minimum Gasteiger partial charge on any atom is -0.444 e. The van der Waals surface area contributed by atoms with E-state index in [0.29, 0.717) is 41.4 Å². The minimum absolute atomic E-state index is 0.0829. The Morgan fingerprint density at radius 3 is 2.47 bits per heavy atom. The second-order valence-electron chi connectivity index (χ2n) is 7.81. The molecule has 1 aromatic heterocycles. The van der Waals surface area contributed by atoms with Crippen LogP contribution in [0.25, 0.3) is 11.5 Å². The van der Waals surface area contributed by atoms with E-state index >= 15 is 0 Å². The first-order chi connectivity index (χ1) is 15.6. The first kappa shape index (κ1) is 21.5. The summed E-state index contributed by atoms with van der Waals surface area (Å²) in [6, 6.07) is 12.6. The number of benzene rings is 2. The molecule has 0 bridgehead atoms. The Bertz CT molecular complexity index is 1060. The van der Waals surface area contributed by atoms with Gasteiger partial charge in [0.2, 0.25) is 5.89 Å². The normalized spacial score (nSPS) is 13.7. The Kier molecular flexibility index (Phi) is 6.79. The maximum absolute atomic E-state index is 13.0. The number of urea groups is 1. The van der Waals surface area contributed by atoms with E-state index in [9.17, 15) is 14.0 Å². The van der Waals surface area contributed by atoms with Crippen LogP contribution >= 0.6 is 0 Å². The van der Waals surface area contributed by atoms with Crippen LogP contribution in [0.2, 0.25) is 0 Å². The van der Waals surface area contributed by atoms with Crippen LogP contribution in [0.1, 0.15) is 41.7 Å². The molecule has 3 N–H and O–H groups in total. The molecule has 1 saturated carbocycles. The second kappa shape index (κ2) is 10.1. The van der Waals surface area contributed by atoms with Crippen LogP contribution in [0.5, 0.6) is 0 Å². The van der Waals surface area contributed by atoms with Crippen molar-refractivity contribution in [2.24, 2.45) is 0 Å². The van der Waals surface area contributed by atoms with E-state index in [1.165, 1.54) is 18.4 Å². The second-order valence-corrected chi connectivity index (χ2v) is 7.81. The summed E-state index contributed by atoms with van der Waals surface area (Å²) < 4.78 is 18.4. The van der Waals surface area contributed by atoms with Crippen LogP contribution in [-0.4, -0.2) is 29.5 Å². The highest BCUT2D eigenvalue weighted by Crippen LogP contribution is 2.20. The number of nitrogens with one attached hydrogen (secondary N) is 3. The van der Waals surface area contributed by atoms with Crippen molar-refractivity contribution in [1.29, 1.82) is 0 Å². The molecular weight excluding hydrogens is 411 g/mol. The molecule has 3 amide bonds. The van der Waals surface area contributed by atoms with Gasteiger partial charge in [0.1, 0.15) is 12.1 Å². The molecule has 2 aromatic carbocycles. The molecule has 32 heavy (non-hydrogen) atoms. The fourth-order valence-electron chi connectivity index (χ4n) is 3.67. The van der Waals surface area contributed by atoms with Crippen molar-refractivity contribution < 1.29 is 18.4 Å². The molecule has 166 valence electrons. The predicted octanol–water partition coefficient (Wildman–Crippen LogP) is 4.52. The Labute approximate surface area is 185 Å². The van der Waals surface area contributed by atoms with Crippen molar-refractivity contribution in [3.05, 3.63) is 71.9 Å². The van der Waals surface area contributed by atoms with Gasteiger partial charge in [-0.3, -0.25) is 4.79 Å². The zero-order valence-corrected chi connectivity index (χ0v) is 17.6. The van der Waals surface area contributed by atoms with Crippen molar-refractivity contribution in [2.75, 3.05) is 11.9 Å². The van der Waals surface area contributed by atoms with Crippen LogP contribution in [0.15, 0.2) is 59.2 Å². The molecule has 0 radical (unpaired) electrons. The molecule has 1 aliphatic rings. The molecule has 0 unspecified atom stereocenters. The van der Waals surface area contributed by atoms with Gasteiger partial charge >= 0.3 is 6.03 Å². The summed E-state index contributed by atoms with van der Waals surface area (Å²) in [6.07, 6.45) is 6.40. The van der Waals surface area contributed by atoms with Gasteiger partial charge in [0, 0.05) is 35.8 Å². The number of nitrogens with zero attached hydrogens (tertiary/aromatic N) is 1. The van der Waals surface area contributed by atoms with Gasteiger partial charge in [0.15, 0.2) is 0 Å². The summed E-state index contributed by atoms with van der Waals surface area (Å²) in [6.45, 7) is 0.364. The molecule has 1 aliphatic carbocycles. The van der Waals surface area contributed by atoms with E-state index in [4.69, 9.17) is 4.42 Å².